The van der Waals surface area contributed by atoms with Gasteiger partial charge in [-0.05, 0) is 31.5 Å². The van der Waals surface area contributed by atoms with Gasteiger partial charge < -0.3 is 15.2 Å². The van der Waals surface area contributed by atoms with Crippen LogP contribution in [0.3, 0.4) is 0 Å². The van der Waals surface area contributed by atoms with Gasteiger partial charge in [0, 0.05) is 4.47 Å². The molecular formula is C13H16BrF4NO2. The Morgan fingerprint density at radius 1 is 1.14 bits per heavy atom. The van der Waals surface area contributed by atoms with Gasteiger partial charge in [-0.25, -0.2) is 8.78 Å². The Labute approximate surface area is 128 Å². The van der Waals surface area contributed by atoms with E-state index in [9.17, 15) is 17.6 Å². The van der Waals surface area contributed by atoms with Crippen molar-refractivity contribution in [3.05, 3.63) is 22.2 Å². The summed E-state index contributed by atoms with van der Waals surface area (Å²) in [5.41, 5.74) is 5.13. The third-order valence-corrected chi connectivity index (χ3v) is 3.39. The van der Waals surface area contributed by atoms with Crippen molar-refractivity contribution in [1.29, 1.82) is 0 Å². The molecule has 1 atom stereocenters. The summed E-state index contributed by atoms with van der Waals surface area (Å²) in [6.07, 6.45) is -3.86. The van der Waals surface area contributed by atoms with Crippen LogP contribution in [0.4, 0.5) is 17.6 Å². The summed E-state index contributed by atoms with van der Waals surface area (Å²) >= 11 is 3.05. The molecule has 2 N–H and O–H groups in total. The normalized spacial score (nSPS) is 13.4. The summed E-state index contributed by atoms with van der Waals surface area (Å²) in [7, 11) is 0. The largest absolute Gasteiger partial charge is 0.490 e. The van der Waals surface area contributed by atoms with E-state index in [1.807, 2.05) is 0 Å². The first-order valence-electron chi connectivity index (χ1n) is 6.26. The highest BCUT2D eigenvalue weighted by atomic mass is 79.9. The number of hydrogen-bond acceptors (Lipinski definition) is 3. The van der Waals surface area contributed by atoms with Crippen LogP contribution in [0, 0.1) is 0 Å². The van der Waals surface area contributed by atoms with Crippen LogP contribution in [0.25, 0.3) is 0 Å². The summed E-state index contributed by atoms with van der Waals surface area (Å²) in [4.78, 5) is 0. The van der Waals surface area contributed by atoms with Crippen LogP contribution in [0.1, 0.15) is 25.5 Å². The number of rotatable bonds is 7. The lowest BCUT2D eigenvalue weighted by molar-refractivity contribution is -0.144. The number of alkyl halides is 4. The van der Waals surface area contributed by atoms with Gasteiger partial charge in [0.1, 0.15) is 6.04 Å². The highest BCUT2D eigenvalue weighted by Gasteiger charge is 2.48. The lowest BCUT2D eigenvalue weighted by Gasteiger charge is -2.25. The van der Waals surface area contributed by atoms with Crippen molar-refractivity contribution in [3.63, 3.8) is 0 Å². The van der Waals surface area contributed by atoms with E-state index in [1.165, 1.54) is 12.1 Å². The summed E-state index contributed by atoms with van der Waals surface area (Å²) < 4.78 is 62.4. The molecule has 1 rings (SSSR count). The van der Waals surface area contributed by atoms with Crippen molar-refractivity contribution in [2.45, 2.75) is 32.2 Å². The molecule has 0 spiro atoms. The van der Waals surface area contributed by atoms with E-state index in [-0.39, 0.29) is 22.4 Å². The topological polar surface area (TPSA) is 44.5 Å². The number of ether oxygens (including phenoxy) is 2. The molecule has 0 heterocycles. The minimum atomic E-state index is -4.35. The number of halogens is 5. The fraction of sp³-hybridized carbons (Fsp3) is 0.538. The van der Waals surface area contributed by atoms with Crippen molar-refractivity contribution in [2.75, 3.05) is 13.2 Å². The highest BCUT2D eigenvalue weighted by Crippen LogP contribution is 2.42. The minimum absolute atomic E-state index is 0.155. The van der Waals surface area contributed by atoms with Crippen LogP contribution < -0.4 is 15.2 Å². The zero-order valence-electron chi connectivity index (χ0n) is 11.5. The van der Waals surface area contributed by atoms with Gasteiger partial charge in [0.2, 0.25) is 0 Å². The lowest BCUT2D eigenvalue weighted by Crippen LogP contribution is -2.39. The molecule has 3 nitrogen and oxygen atoms in total. The fourth-order valence-electron chi connectivity index (χ4n) is 1.67. The molecule has 0 bridgehead atoms. The smallest absolute Gasteiger partial charge is 0.326 e. The van der Waals surface area contributed by atoms with Gasteiger partial charge in [-0.3, -0.25) is 0 Å². The molecule has 0 fully saturated rings. The summed E-state index contributed by atoms with van der Waals surface area (Å²) in [6.45, 7) is 4.05. The van der Waals surface area contributed by atoms with E-state index in [0.717, 1.165) is 0 Å². The van der Waals surface area contributed by atoms with Crippen molar-refractivity contribution in [2.24, 2.45) is 5.73 Å². The minimum Gasteiger partial charge on any atom is -0.490 e. The van der Waals surface area contributed by atoms with Gasteiger partial charge in [0.05, 0.1) is 13.2 Å². The van der Waals surface area contributed by atoms with Crippen molar-refractivity contribution in [1.82, 2.24) is 0 Å². The third-order valence-electron chi connectivity index (χ3n) is 2.70. The Morgan fingerprint density at radius 3 is 2.05 bits per heavy atom. The first-order valence-corrected chi connectivity index (χ1v) is 7.05. The van der Waals surface area contributed by atoms with Gasteiger partial charge in [-0.1, -0.05) is 15.9 Å². The zero-order chi connectivity index (χ0) is 16.2. The second-order valence-electron chi connectivity index (χ2n) is 4.14. The molecule has 0 saturated carbocycles. The Kier molecular flexibility index (Phi) is 6.27. The number of nitrogens with two attached hydrogens (primary N) is 1. The maximum Gasteiger partial charge on any atom is 0.326 e. The van der Waals surface area contributed by atoms with E-state index in [1.54, 1.807) is 13.8 Å². The molecule has 0 radical (unpaired) electrons. The van der Waals surface area contributed by atoms with Crippen LogP contribution in [-0.4, -0.2) is 25.6 Å². The maximum absolute atomic E-state index is 13.4. The van der Waals surface area contributed by atoms with Crippen molar-refractivity contribution >= 4 is 15.9 Å². The van der Waals surface area contributed by atoms with Crippen LogP contribution in [0.5, 0.6) is 11.5 Å². The molecule has 8 heteroatoms. The predicted octanol–water partition coefficient (Wildman–Crippen LogP) is 4.15. The molecule has 0 aliphatic rings. The second-order valence-corrected chi connectivity index (χ2v) is 4.99. The lowest BCUT2D eigenvalue weighted by atomic mass is 10.0. The van der Waals surface area contributed by atoms with Gasteiger partial charge >= 0.3 is 12.3 Å². The zero-order valence-corrected chi connectivity index (χ0v) is 13.1. The molecular weight excluding hydrogens is 358 g/mol. The highest BCUT2D eigenvalue weighted by molar-refractivity contribution is 9.10. The Balaban J connectivity index is 3.27. The van der Waals surface area contributed by atoms with Gasteiger partial charge in [-0.2, -0.15) is 8.78 Å². The van der Waals surface area contributed by atoms with Gasteiger partial charge in [0.15, 0.2) is 11.5 Å². The molecule has 0 aliphatic heterocycles. The molecule has 1 unspecified atom stereocenters. The monoisotopic (exact) mass is 373 g/mol. The third kappa shape index (κ3) is 4.00. The second kappa shape index (κ2) is 7.31. The summed E-state index contributed by atoms with van der Waals surface area (Å²) in [6, 6.07) is 0.409. The number of benzene rings is 1. The molecule has 21 heavy (non-hydrogen) atoms. The summed E-state index contributed by atoms with van der Waals surface area (Å²) in [5.74, 6) is -3.85. The molecule has 0 amide bonds. The van der Waals surface area contributed by atoms with Crippen LogP contribution >= 0.6 is 15.9 Å². The van der Waals surface area contributed by atoms with Crippen LogP contribution in [0.15, 0.2) is 16.6 Å². The predicted molar refractivity (Wildman–Crippen MR) is 74.4 cm³/mol. The first-order chi connectivity index (χ1) is 9.75. The Bertz CT molecular complexity index is 485. The summed E-state index contributed by atoms with van der Waals surface area (Å²) in [5, 5.41) is 0. The molecule has 1 aromatic carbocycles. The van der Waals surface area contributed by atoms with E-state index in [0.29, 0.717) is 12.4 Å². The standard InChI is InChI=1S/C13H16BrF4NO2/c1-3-20-9-5-7(8(14)6-10(9)21-4-2)11(19)13(17,18)12(15)16/h5-6,11-12H,3-4,19H2,1-2H3. The Morgan fingerprint density at radius 2 is 1.62 bits per heavy atom. The molecule has 120 valence electrons. The van der Waals surface area contributed by atoms with E-state index < -0.39 is 18.4 Å². The molecule has 0 aromatic heterocycles. The molecule has 0 saturated heterocycles. The van der Waals surface area contributed by atoms with Crippen LogP contribution in [-0.2, 0) is 0 Å². The van der Waals surface area contributed by atoms with Crippen molar-refractivity contribution < 1.29 is 27.0 Å². The van der Waals surface area contributed by atoms with Gasteiger partial charge in [0.25, 0.3) is 0 Å². The molecule has 0 aliphatic carbocycles. The quantitative estimate of drug-likeness (QED) is 0.730. The SMILES string of the molecule is CCOc1cc(Br)c(C(N)C(F)(F)C(F)F)cc1OCC. The van der Waals surface area contributed by atoms with E-state index in [2.05, 4.69) is 15.9 Å². The average molecular weight is 374 g/mol. The van der Waals surface area contributed by atoms with E-state index in [4.69, 9.17) is 15.2 Å². The first kappa shape index (κ1) is 18.0. The van der Waals surface area contributed by atoms with Crippen LogP contribution in [0.2, 0.25) is 0 Å². The average Bonchev–Trinajstić information content (AvgIpc) is 2.41. The van der Waals surface area contributed by atoms with E-state index >= 15 is 0 Å². The maximum atomic E-state index is 13.4. The van der Waals surface area contributed by atoms with Crippen molar-refractivity contribution in [3.8, 4) is 11.5 Å². The number of hydrogen-bond donors (Lipinski definition) is 1. The molecule has 1 aromatic rings. The van der Waals surface area contributed by atoms with Gasteiger partial charge in [-0.15, -0.1) is 0 Å². The Hall–Kier alpha value is -1.02. The fourth-order valence-corrected chi connectivity index (χ4v) is 2.24.